The number of alkyl halides is 3. The van der Waals surface area contributed by atoms with E-state index in [0.717, 1.165) is 52.1 Å². The van der Waals surface area contributed by atoms with Crippen molar-refractivity contribution in [2.75, 3.05) is 46.2 Å². The molecule has 0 spiro atoms. The van der Waals surface area contributed by atoms with E-state index in [1.807, 2.05) is 37.4 Å². The Morgan fingerprint density at radius 1 is 1.21 bits per heavy atom. The van der Waals surface area contributed by atoms with Crippen LogP contribution in [-0.4, -0.2) is 68.0 Å². The molecule has 0 amide bonds. The Bertz CT molecular complexity index is 1140. The molecule has 2 heterocycles. The molecule has 0 radical (unpaired) electrons. The van der Waals surface area contributed by atoms with Crippen molar-refractivity contribution in [3.05, 3.63) is 36.4 Å². The molecular weight excluding hydrogens is 439 g/mol. The number of carboxylic acid groups (broad SMARTS) is 1. The molecule has 0 aliphatic carbocycles. The lowest BCUT2D eigenvalue weighted by molar-refractivity contribution is -0.192. The Morgan fingerprint density at radius 2 is 1.91 bits per heavy atom. The van der Waals surface area contributed by atoms with Crippen molar-refractivity contribution in [1.29, 1.82) is 0 Å². The SMILES string of the molecule is CNc1c2ccccc2nc2cc(OCC3CCN(C)C3)c(OC)cc12.O=C(O)C(F)(F)F. The standard InChI is InChI=1S/C21H25N3O2.C2HF3O2/c1-22-21-15-6-4-5-7-17(15)23-18-11-20(19(25-3)10-16(18)21)26-13-14-8-9-24(2)12-14;3-2(4,5)1(6)7/h4-7,10-11,14H,8-9,12-13H2,1-3H3,(H,22,23);(H,6,7). The summed E-state index contributed by atoms with van der Waals surface area (Å²) in [5.74, 6) is -0.679. The third-order valence-electron chi connectivity index (χ3n) is 5.42. The summed E-state index contributed by atoms with van der Waals surface area (Å²) >= 11 is 0. The molecule has 33 heavy (non-hydrogen) atoms. The van der Waals surface area contributed by atoms with Crippen molar-refractivity contribution in [3.63, 3.8) is 0 Å². The molecule has 1 aliphatic heterocycles. The predicted molar refractivity (Wildman–Crippen MR) is 120 cm³/mol. The monoisotopic (exact) mass is 465 g/mol. The minimum Gasteiger partial charge on any atom is -0.493 e. The van der Waals surface area contributed by atoms with Gasteiger partial charge in [-0.25, -0.2) is 9.78 Å². The minimum absolute atomic E-state index is 0.567. The van der Waals surface area contributed by atoms with Crippen molar-refractivity contribution in [2.45, 2.75) is 12.6 Å². The van der Waals surface area contributed by atoms with E-state index in [1.54, 1.807) is 7.11 Å². The third kappa shape index (κ3) is 5.75. The number of methoxy groups -OCH3 is 1. The van der Waals surface area contributed by atoms with Crippen LogP contribution in [0.25, 0.3) is 21.8 Å². The predicted octanol–water partition coefficient (Wildman–Crippen LogP) is 4.40. The Kier molecular flexibility index (Phi) is 7.47. The number of nitrogens with zero attached hydrogens (tertiary/aromatic N) is 2. The molecular formula is C23H26F3N3O4. The lowest BCUT2D eigenvalue weighted by Crippen LogP contribution is -2.21. The first-order chi connectivity index (χ1) is 15.6. The van der Waals surface area contributed by atoms with Gasteiger partial charge in [0.15, 0.2) is 11.5 Å². The summed E-state index contributed by atoms with van der Waals surface area (Å²) in [5.41, 5.74) is 2.94. The van der Waals surface area contributed by atoms with Crippen molar-refractivity contribution in [3.8, 4) is 11.5 Å². The molecule has 10 heteroatoms. The number of carboxylic acids is 1. The molecule has 1 aromatic heterocycles. The van der Waals surface area contributed by atoms with Gasteiger partial charge >= 0.3 is 12.1 Å². The largest absolute Gasteiger partial charge is 0.493 e. The second-order valence-electron chi connectivity index (χ2n) is 7.81. The Labute approximate surface area is 189 Å². The van der Waals surface area contributed by atoms with Crippen LogP contribution in [0.2, 0.25) is 0 Å². The van der Waals surface area contributed by atoms with Gasteiger partial charge < -0.3 is 24.8 Å². The van der Waals surface area contributed by atoms with Crippen LogP contribution < -0.4 is 14.8 Å². The van der Waals surface area contributed by atoms with Gasteiger partial charge in [-0.3, -0.25) is 0 Å². The highest BCUT2D eigenvalue weighted by Gasteiger charge is 2.38. The van der Waals surface area contributed by atoms with Gasteiger partial charge in [0.05, 0.1) is 30.4 Å². The van der Waals surface area contributed by atoms with Gasteiger partial charge in [-0.2, -0.15) is 13.2 Å². The lowest BCUT2D eigenvalue weighted by Gasteiger charge is -2.17. The van der Waals surface area contributed by atoms with E-state index in [-0.39, 0.29) is 0 Å². The Morgan fingerprint density at radius 3 is 2.48 bits per heavy atom. The number of para-hydroxylation sites is 1. The number of rotatable bonds is 5. The van der Waals surface area contributed by atoms with Crippen molar-refractivity contribution >= 4 is 33.5 Å². The number of likely N-dealkylation sites (tertiary alicyclic amines) is 1. The fourth-order valence-corrected chi connectivity index (χ4v) is 3.81. The number of aliphatic carboxylic acids is 1. The highest BCUT2D eigenvalue weighted by molar-refractivity contribution is 6.08. The van der Waals surface area contributed by atoms with Crippen LogP contribution in [0.5, 0.6) is 11.5 Å². The zero-order chi connectivity index (χ0) is 24.2. The third-order valence-corrected chi connectivity index (χ3v) is 5.42. The van der Waals surface area contributed by atoms with Crippen LogP contribution >= 0.6 is 0 Å². The van der Waals surface area contributed by atoms with Crippen LogP contribution in [0.15, 0.2) is 36.4 Å². The van der Waals surface area contributed by atoms with Gasteiger partial charge in [-0.05, 0) is 32.1 Å². The maximum absolute atomic E-state index is 10.6. The van der Waals surface area contributed by atoms with Gasteiger partial charge in [-0.1, -0.05) is 18.2 Å². The van der Waals surface area contributed by atoms with Crippen LogP contribution in [0.4, 0.5) is 18.9 Å². The summed E-state index contributed by atoms with van der Waals surface area (Å²) in [6, 6.07) is 12.2. The van der Waals surface area contributed by atoms with Crippen molar-refractivity contribution in [1.82, 2.24) is 9.88 Å². The molecule has 1 saturated heterocycles. The summed E-state index contributed by atoms with van der Waals surface area (Å²) in [6.07, 6.45) is -3.90. The molecule has 3 aromatic rings. The number of hydrogen-bond acceptors (Lipinski definition) is 6. The molecule has 1 atom stereocenters. The normalized spacial score (nSPS) is 16.4. The Hall–Kier alpha value is -3.27. The highest BCUT2D eigenvalue weighted by Crippen LogP contribution is 2.38. The lowest BCUT2D eigenvalue weighted by atomic mass is 10.1. The number of benzene rings is 2. The number of hydrogen-bond donors (Lipinski definition) is 2. The van der Waals surface area contributed by atoms with E-state index in [0.29, 0.717) is 12.5 Å². The number of ether oxygens (including phenoxy) is 2. The number of aromatic nitrogens is 1. The second kappa shape index (κ2) is 10.1. The van der Waals surface area contributed by atoms with E-state index in [9.17, 15) is 13.2 Å². The van der Waals surface area contributed by atoms with Crippen LogP contribution in [0.1, 0.15) is 6.42 Å². The van der Waals surface area contributed by atoms with Gasteiger partial charge in [0.1, 0.15) is 0 Å². The zero-order valence-corrected chi connectivity index (χ0v) is 18.6. The summed E-state index contributed by atoms with van der Waals surface area (Å²) in [7, 11) is 5.78. The molecule has 1 aliphatic rings. The molecule has 4 rings (SSSR count). The van der Waals surface area contributed by atoms with E-state index in [1.165, 1.54) is 6.42 Å². The molecule has 2 aromatic carbocycles. The molecule has 0 saturated carbocycles. The molecule has 0 bridgehead atoms. The van der Waals surface area contributed by atoms with E-state index in [2.05, 4.69) is 23.3 Å². The number of fused-ring (bicyclic) bond motifs is 2. The van der Waals surface area contributed by atoms with E-state index >= 15 is 0 Å². The van der Waals surface area contributed by atoms with E-state index < -0.39 is 12.1 Å². The quantitative estimate of drug-likeness (QED) is 0.541. The zero-order valence-electron chi connectivity index (χ0n) is 18.6. The maximum atomic E-state index is 10.6. The summed E-state index contributed by atoms with van der Waals surface area (Å²) in [5, 5.41) is 12.6. The van der Waals surface area contributed by atoms with Crippen LogP contribution in [-0.2, 0) is 4.79 Å². The van der Waals surface area contributed by atoms with Gasteiger partial charge in [0.2, 0.25) is 0 Å². The number of carbonyl (C=O) groups is 1. The number of halogens is 3. The minimum atomic E-state index is -5.08. The highest BCUT2D eigenvalue weighted by atomic mass is 19.4. The molecule has 1 unspecified atom stereocenters. The van der Waals surface area contributed by atoms with Crippen molar-refractivity contribution < 1.29 is 32.5 Å². The number of nitrogens with one attached hydrogen (secondary N) is 1. The topological polar surface area (TPSA) is 83.9 Å². The second-order valence-corrected chi connectivity index (χ2v) is 7.81. The van der Waals surface area contributed by atoms with E-state index in [4.69, 9.17) is 24.4 Å². The summed E-state index contributed by atoms with van der Waals surface area (Å²) < 4.78 is 43.5. The first-order valence-corrected chi connectivity index (χ1v) is 10.3. The van der Waals surface area contributed by atoms with Gasteiger partial charge in [0.25, 0.3) is 0 Å². The average Bonchev–Trinajstić information content (AvgIpc) is 3.20. The summed E-state index contributed by atoms with van der Waals surface area (Å²) in [6.45, 7) is 2.93. The van der Waals surface area contributed by atoms with Gasteiger partial charge in [-0.15, -0.1) is 0 Å². The van der Waals surface area contributed by atoms with Gasteiger partial charge in [0, 0.05) is 36.3 Å². The molecule has 178 valence electrons. The molecule has 1 fully saturated rings. The first-order valence-electron chi connectivity index (χ1n) is 10.3. The fraction of sp³-hybridized carbons (Fsp3) is 0.391. The smallest absolute Gasteiger partial charge is 0.490 e. The summed E-state index contributed by atoms with van der Waals surface area (Å²) in [4.78, 5) is 16.1. The maximum Gasteiger partial charge on any atom is 0.490 e. The Balaban J connectivity index is 0.000000383. The van der Waals surface area contributed by atoms with Crippen molar-refractivity contribution in [2.24, 2.45) is 5.92 Å². The number of anilines is 1. The first kappa shape index (κ1) is 24.4. The van der Waals surface area contributed by atoms with Crippen LogP contribution in [0.3, 0.4) is 0 Å². The number of pyridine rings is 1. The average molecular weight is 465 g/mol. The fourth-order valence-electron chi connectivity index (χ4n) is 3.81. The molecule has 2 N–H and O–H groups in total. The molecule has 7 nitrogen and oxygen atoms in total. The van der Waals surface area contributed by atoms with Crippen LogP contribution in [0, 0.1) is 5.92 Å².